The molecule has 5 heterocycles. The van der Waals surface area contributed by atoms with Gasteiger partial charge in [0, 0.05) is 37.4 Å². The van der Waals surface area contributed by atoms with Crippen LogP contribution in [0.15, 0.2) is 54.0 Å². The van der Waals surface area contributed by atoms with Gasteiger partial charge in [-0.1, -0.05) is 38.1 Å². The van der Waals surface area contributed by atoms with Crippen molar-refractivity contribution in [2.45, 2.75) is 45.7 Å². The van der Waals surface area contributed by atoms with Gasteiger partial charge in [0.15, 0.2) is 12.3 Å². The minimum Gasteiger partial charge on any atom is -0.481 e. The smallest absolute Gasteiger partial charge is 0.356 e. The molecule has 0 unspecified atom stereocenters. The molecule has 0 radical (unpaired) electrons. The molecular weight excluding hydrogens is 601 g/mol. The molecule has 2 bridgehead atoms. The lowest BCUT2D eigenvalue weighted by molar-refractivity contribution is -0.129. The van der Waals surface area contributed by atoms with Crippen LogP contribution >= 0.6 is 11.6 Å². The fourth-order valence-electron chi connectivity index (χ4n) is 5.99. The van der Waals surface area contributed by atoms with Crippen molar-refractivity contribution in [1.82, 2.24) is 24.4 Å². The van der Waals surface area contributed by atoms with Gasteiger partial charge in [-0.2, -0.15) is 4.98 Å². The van der Waals surface area contributed by atoms with E-state index in [4.69, 9.17) is 21.3 Å². The van der Waals surface area contributed by atoms with Crippen molar-refractivity contribution in [3.63, 3.8) is 0 Å². The van der Waals surface area contributed by atoms with Crippen molar-refractivity contribution in [1.29, 1.82) is 0 Å². The Labute approximate surface area is 263 Å². The van der Waals surface area contributed by atoms with Gasteiger partial charge in [-0.25, -0.2) is 18.7 Å². The number of ether oxygens (including phenoxy) is 1. The molecule has 3 aromatic heterocycles. The highest BCUT2D eigenvalue weighted by Gasteiger charge is 2.35. The van der Waals surface area contributed by atoms with Crippen molar-refractivity contribution < 1.29 is 18.7 Å². The lowest BCUT2D eigenvalue weighted by Gasteiger charge is -2.45. The summed E-state index contributed by atoms with van der Waals surface area (Å²) in [5.41, 5.74) is 0.379. The highest BCUT2D eigenvalue weighted by Crippen LogP contribution is 2.40. The Bertz CT molecular complexity index is 1950. The summed E-state index contributed by atoms with van der Waals surface area (Å²) in [6, 6.07) is 6.92. The van der Waals surface area contributed by atoms with Crippen LogP contribution in [0.1, 0.15) is 39.3 Å². The van der Waals surface area contributed by atoms with Gasteiger partial charge in [-0.15, -0.1) is 0 Å². The van der Waals surface area contributed by atoms with Crippen molar-refractivity contribution in [3.8, 4) is 22.7 Å². The van der Waals surface area contributed by atoms with Crippen LogP contribution in [0.25, 0.3) is 28.0 Å². The summed E-state index contributed by atoms with van der Waals surface area (Å²) in [6.45, 7) is 11.6. The van der Waals surface area contributed by atoms with Crippen LogP contribution in [-0.4, -0.2) is 68.0 Å². The van der Waals surface area contributed by atoms with E-state index in [1.165, 1.54) is 28.8 Å². The number of carbonyl (C=O) groups excluding carboxylic acids is 2. The van der Waals surface area contributed by atoms with Crippen LogP contribution in [-0.2, 0) is 9.59 Å². The van der Waals surface area contributed by atoms with E-state index < -0.39 is 24.0 Å². The molecule has 1 fully saturated rings. The fraction of sp³-hybridized carbons (Fsp3) is 0.312. The first-order chi connectivity index (χ1) is 21.5. The van der Waals surface area contributed by atoms with Crippen LogP contribution < -0.4 is 20.6 Å². The van der Waals surface area contributed by atoms with Gasteiger partial charge >= 0.3 is 5.69 Å². The van der Waals surface area contributed by atoms with Gasteiger partial charge in [0.1, 0.15) is 23.1 Å². The van der Waals surface area contributed by atoms with E-state index in [9.17, 15) is 14.4 Å². The summed E-state index contributed by atoms with van der Waals surface area (Å²) in [7, 11) is 0. The molecule has 4 aromatic rings. The Morgan fingerprint density at radius 2 is 1.96 bits per heavy atom. The summed E-state index contributed by atoms with van der Waals surface area (Å²) >= 11 is 6.87. The van der Waals surface area contributed by atoms with Crippen LogP contribution in [0.4, 0.5) is 15.9 Å². The molecule has 11 nitrogen and oxygen atoms in total. The Balaban J connectivity index is 1.70. The Hall–Kier alpha value is -4.84. The van der Waals surface area contributed by atoms with Gasteiger partial charge in [0.05, 0.1) is 33.0 Å². The molecule has 1 aromatic carbocycles. The molecule has 45 heavy (non-hydrogen) atoms. The van der Waals surface area contributed by atoms with Crippen LogP contribution in [0.2, 0.25) is 5.02 Å². The van der Waals surface area contributed by atoms with Gasteiger partial charge in [-0.05, 0) is 44.0 Å². The topological polar surface area (TPSA) is 123 Å². The molecule has 1 N–H and O–H groups in total. The minimum atomic E-state index is -0.683. The average molecular weight is 632 g/mol. The molecule has 6 rings (SSSR count). The van der Waals surface area contributed by atoms with Crippen molar-refractivity contribution >= 4 is 46.0 Å². The van der Waals surface area contributed by atoms with E-state index in [0.29, 0.717) is 30.0 Å². The fourth-order valence-corrected chi connectivity index (χ4v) is 6.23. The molecular formula is C32H31ClFN7O4. The molecule has 232 valence electrons. The highest BCUT2D eigenvalue weighted by molar-refractivity contribution is 6.34. The number of pyridine rings is 2. The molecule has 13 heteroatoms. The second-order valence-electron chi connectivity index (χ2n) is 11.4. The number of halogens is 2. The highest BCUT2D eigenvalue weighted by atomic mass is 35.5. The van der Waals surface area contributed by atoms with E-state index in [2.05, 4.69) is 21.9 Å². The maximum Gasteiger partial charge on any atom is 0.356 e. The quantitative estimate of drug-likeness (QED) is 0.323. The van der Waals surface area contributed by atoms with Gasteiger partial charge in [0.25, 0.3) is 5.91 Å². The van der Waals surface area contributed by atoms with E-state index in [0.717, 1.165) is 0 Å². The molecule has 1 saturated heterocycles. The van der Waals surface area contributed by atoms with E-state index in [-0.39, 0.29) is 63.0 Å². The van der Waals surface area contributed by atoms with Gasteiger partial charge in [0.2, 0.25) is 5.91 Å². The van der Waals surface area contributed by atoms with E-state index in [1.807, 2.05) is 32.6 Å². The Morgan fingerprint density at radius 3 is 2.69 bits per heavy atom. The zero-order valence-corrected chi connectivity index (χ0v) is 25.9. The van der Waals surface area contributed by atoms with E-state index in [1.54, 1.807) is 23.2 Å². The largest absolute Gasteiger partial charge is 0.481 e. The zero-order valence-electron chi connectivity index (χ0n) is 25.2. The second-order valence-corrected chi connectivity index (χ2v) is 11.8. The zero-order chi connectivity index (χ0) is 32.2. The van der Waals surface area contributed by atoms with E-state index >= 15 is 4.39 Å². The molecule has 2 aliphatic heterocycles. The summed E-state index contributed by atoms with van der Waals surface area (Å²) in [4.78, 5) is 57.3. The maximum absolute atomic E-state index is 15.5. The predicted octanol–water partition coefficient (Wildman–Crippen LogP) is 4.70. The number of carbonyl (C=O) groups is 2. The number of hydrogen-bond acceptors (Lipinski definition) is 8. The SMILES string of the molecule is C=CC(=O)N1CCN(c2nc(=O)n3c4nc(c(Cl)cc24)-c2c(F)cccc2NC(=O)COc2ccnc(C(C)C)c2-3)[C@@H](C)[C@H]1C. The third kappa shape index (κ3) is 5.08. The molecule has 2 atom stereocenters. The third-order valence-corrected chi connectivity index (χ3v) is 8.65. The number of piperazine rings is 1. The summed E-state index contributed by atoms with van der Waals surface area (Å²) in [6.07, 6.45) is 2.83. The normalized spacial score (nSPS) is 18.1. The summed E-state index contributed by atoms with van der Waals surface area (Å²) < 4.78 is 22.8. The molecule has 0 saturated carbocycles. The first-order valence-corrected chi connectivity index (χ1v) is 14.9. The van der Waals surface area contributed by atoms with Gasteiger partial charge in [-0.3, -0.25) is 14.6 Å². The van der Waals surface area contributed by atoms with Gasteiger partial charge < -0.3 is 19.9 Å². The number of anilines is 2. The van der Waals surface area contributed by atoms with Crippen molar-refractivity contribution in [2.24, 2.45) is 0 Å². The number of fused-ring (bicyclic) bond motifs is 5. The van der Waals surface area contributed by atoms with Crippen molar-refractivity contribution in [3.05, 3.63) is 76.2 Å². The molecule has 0 spiro atoms. The van der Waals surface area contributed by atoms with Crippen LogP contribution in [0, 0.1) is 5.82 Å². The molecule has 2 amide bonds. The second kappa shape index (κ2) is 11.6. The Kier molecular flexibility index (Phi) is 7.77. The van der Waals surface area contributed by atoms with Crippen molar-refractivity contribution in [2.75, 3.05) is 29.9 Å². The number of nitrogens with zero attached hydrogens (tertiary/aromatic N) is 6. The van der Waals surface area contributed by atoms with Crippen LogP contribution in [0.3, 0.4) is 0 Å². The maximum atomic E-state index is 15.5. The number of amides is 2. The Morgan fingerprint density at radius 1 is 1.18 bits per heavy atom. The number of rotatable bonds is 3. The number of nitrogens with one attached hydrogen (secondary N) is 1. The standard InChI is InChI=1S/C32H31ClFN7O4/c1-6-25(43)39-12-13-40(18(5)17(39)4)30-19-14-20(33)28-26-21(34)8-7-9-22(26)36-24(42)15-45-23-10-11-35-27(16(2)3)29(23)41(31(19)37-28)32(44)38-30/h6-11,14,16-18H,1,12-13,15H2,2-5H3,(H,36,42)/t17-,18+/m1/s1. The van der Waals surface area contributed by atoms with Crippen LogP contribution in [0.5, 0.6) is 5.75 Å². The number of aromatic nitrogens is 4. The number of benzene rings is 1. The first-order valence-electron chi connectivity index (χ1n) is 14.6. The monoisotopic (exact) mass is 631 g/mol. The summed E-state index contributed by atoms with van der Waals surface area (Å²) in [5, 5.41) is 3.22. The molecule has 0 aliphatic carbocycles. The average Bonchev–Trinajstić information content (AvgIpc) is 3.00. The predicted molar refractivity (Wildman–Crippen MR) is 170 cm³/mol. The minimum absolute atomic E-state index is 0.0312. The lowest BCUT2D eigenvalue weighted by Crippen LogP contribution is -2.59. The first kappa shape index (κ1) is 30.2. The third-order valence-electron chi connectivity index (χ3n) is 8.36. The lowest BCUT2D eigenvalue weighted by atomic mass is 10.0. The molecule has 2 aliphatic rings. The summed E-state index contributed by atoms with van der Waals surface area (Å²) in [5.74, 6) is -1.03. The number of hydrogen-bond donors (Lipinski definition) is 1.